The number of rotatable bonds is 8. The van der Waals surface area contributed by atoms with Crippen molar-refractivity contribution < 1.29 is 9.59 Å². The van der Waals surface area contributed by atoms with Crippen molar-refractivity contribution in [1.82, 2.24) is 14.5 Å². The van der Waals surface area contributed by atoms with Gasteiger partial charge in [0.2, 0.25) is 17.8 Å². The van der Waals surface area contributed by atoms with E-state index in [1.807, 2.05) is 80.1 Å². The van der Waals surface area contributed by atoms with Gasteiger partial charge in [0.1, 0.15) is 0 Å². The number of carbonyl (C=O) groups excluding carboxylic acids is 2. The standard InChI is InChI=1S/C26H30N4O2/c1-4-25(32)29(15-20-9-10-20)17-24(31)28-26-27-23(21-11-5-18(2)6-12-21)16-30(26)22-13-7-19(3)8-14-22/h5-8,11-14,16,20H,4,9-10,15,17H2,1-3H3,(H,27,28,31). The van der Waals surface area contributed by atoms with Crippen molar-refractivity contribution in [1.29, 1.82) is 0 Å². The van der Waals surface area contributed by atoms with Gasteiger partial charge in [0.25, 0.3) is 0 Å². The van der Waals surface area contributed by atoms with Crippen LogP contribution < -0.4 is 5.32 Å². The van der Waals surface area contributed by atoms with Crippen molar-refractivity contribution in [3.8, 4) is 16.9 Å². The van der Waals surface area contributed by atoms with Gasteiger partial charge >= 0.3 is 0 Å². The largest absolute Gasteiger partial charge is 0.333 e. The molecule has 6 heteroatoms. The topological polar surface area (TPSA) is 67.2 Å². The molecule has 0 saturated heterocycles. The van der Waals surface area contributed by atoms with Crippen LogP contribution in [0.15, 0.2) is 54.7 Å². The summed E-state index contributed by atoms with van der Waals surface area (Å²) in [6.45, 7) is 6.62. The zero-order valence-electron chi connectivity index (χ0n) is 19.0. The lowest BCUT2D eigenvalue weighted by Crippen LogP contribution is -2.39. The molecule has 6 nitrogen and oxygen atoms in total. The van der Waals surface area contributed by atoms with Gasteiger partial charge in [-0.2, -0.15) is 0 Å². The highest BCUT2D eigenvalue weighted by Crippen LogP contribution is 2.30. The zero-order valence-corrected chi connectivity index (χ0v) is 19.0. The zero-order chi connectivity index (χ0) is 22.7. The molecule has 2 amide bonds. The van der Waals surface area contributed by atoms with Crippen LogP contribution in [0, 0.1) is 19.8 Å². The lowest BCUT2D eigenvalue weighted by Gasteiger charge is -2.21. The van der Waals surface area contributed by atoms with Gasteiger partial charge in [0, 0.05) is 30.4 Å². The molecule has 1 fully saturated rings. The number of carbonyl (C=O) groups is 2. The van der Waals surface area contributed by atoms with Gasteiger partial charge in [-0.3, -0.25) is 19.5 Å². The van der Waals surface area contributed by atoms with E-state index >= 15 is 0 Å². The number of amides is 2. The van der Waals surface area contributed by atoms with Crippen molar-refractivity contribution in [2.45, 2.75) is 40.0 Å². The SMILES string of the molecule is CCC(=O)N(CC(=O)Nc1nc(-c2ccc(C)cc2)cn1-c1ccc(C)cc1)CC1CC1. The Bertz CT molecular complexity index is 1100. The van der Waals surface area contributed by atoms with E-state index in [-0.39, 0.29) is 18.4 Å². The normalized spacial score (nSPS) is 13.1. The average molecular weight is 431 g/mol. The van der Waals surface area contributed by atoms with Crippen molar-refractivity contribution in [2.75, 3.05) is 18.4 Å². The van der Waals surface area contributed by atoms with Gasteiger partial charge < -0.3 is 4.90 Å². The number of anilines is 1. The van der Waals surface area contributed by atoms with E-state index in [9.17, 15) is 9.59 Å². The third-order valence-electron chi connectivity index (χ3n) is 5.78. The lowest BCUT2D eigenvalue weighted by molar-refractivity contribution is -0.134. The molecule has 1 saturated carbocycles. The Balaban J connectivity index is 1.60. The Labute approximate surface area is 189 Å². The highest BCUT2D eigenvalue weighted by atomic mass is 16.2. The van der Waals surface area contributed by atoms with Gasteiger partial charge in [-0.25, -0.2) is 4.98 Å². The summed E-state index contributed by atoms with van der Waals surface area (Å²) in [6, 6.07) is 16.2. The van der Waals surface area contributed by atoms with Crippen LogP contribution >= 0.6 is 0 Å². The van der Waals surface area contributed by atoms with Crippen LogP contribution in [0.2, 0.25) is 0 Å². The van der Waals surface area contributed by atoms with E-state index < -0.39 is 0 Å². The molecule has 1 aliphatic carbocycles. The predicted octanol–water partition coefficient (Wildman–Crippen LogP) is 4.74. The van der Waals surface area contributed by atoms with Crippen molar-refractivity contribution in [3.05, 3.63) is 65.9 Å². The second-order valence-corrected chi connectivity index (χ2v) is 8.64. The van der Waals surface area contributed by atoms with Gasteiger partial charge in [0.15, 0.2) is 0 Å². The Morgan fingerprint density at radius 3 is 2.25 bits per heavy atom. The Hall–Kier alpha value is -3.41. The number of nitrogens with one attached hydrogen (secondary N) is 1. The van der Waals surface area contributed by atoms with Crippen LogP contribution in [-0.2, 0) is 9.59 Å². The molecule has 166 valence electrons. The van der Waals surface area contributed by atoms with Crippen molar-refractivity contribution >= 4 is 17.8 Å². The third-order valence-corrected chi connectivity index (χ3v) is 5.78. The van der Waals surface area contributed by atoms with E-state index in [4.69, 9.17) is 4.98 Å². The number of hydrogen-bond donors (Lipinski definition) is 1. The molecule has 0 atom stereocenters. The van der Waals surface area contributed by atoms with Gasteiger partial charge in [-0.15, -0.1) is 0 Å². The first-order valence-electron chi connectivity index (χ1n) is 11.2. The maximum Gasteiger partial charge on any atom is 0.246 e. The van der Waals surface area contributed by atoms with Gasteiger partial charge in [0.05, 0.1) is 12.2 Å². The van der Waals surface area contributed by atoms with Crippen LogP contribution in [0.3, 0.4) is 0 Å². The first-order valence-corrected chi connectivity index (χ1v) is 11.2. The van der Waals surface area contributed by atoms with Gasteiger partial charge in [-0.1, -0.05) is 54.4 Å². The summed E-state index contributed by atoms with van der Waals surface area (Å²) >= 11 is 0. The molecule has 4 rings (SSSR count). The molecular formula is C26H30N4O2. The van der Waals surface area contributed by atoms with Crippen LogP contribution in [0.25, 0.3) is 16.9 Å². The minimum absolute atomic E-state index is 0.00858. The third kappa shape index (κ3) is 5.25. The Morgan fingerprint density at radius 1 is 1.03 bits per heavy atom. The fraction of sp³-hybridized carbons (Fsp3) is 0.346. The molecule has 1 N–H and O–H groups in total. The summed E-state index contributed by atoms with van der Waals surface area (Å²) in [6.07, 6.45) is 4.60. The molecule has 0 aliphatic heterocycles. The van der Waals surface area contributed by atoms with E-state index in [1.54, 1.807) is 4.90 Å². The second-order valence-electron chi connectivity index (χ2n) is 8.64. The second kappa shape index (κ2) is 9.39. The fourth-order valence-electron chi connectivity index (χ4n) is 3.66. The number of aryl methyl sites for hydroxylation is 2. The summed E-state index contributed by atoms with van der Waals surface area (Å²) < 4.78 is 1.89. The summed E-state index contributed by atoms with van der Waals surface area (Å²) in [5, 5.41) is 2.95. The minimum atomic E-state index is -0.234. The lowest BCUT2D eigenvalue weighted by atomic mass is 10.1. The molecule has 1 heterocycles. The summed E-state index contributed by atoms with van der Waals surface area (Å²) in [7, 11) is 0. The van der Waals surface area contributed by atoms with E-state index in [0.717, 1.165) is 35.3 Å². The number of aromatic nitrogens is 2. The van der Waals surface area contributed by atoms with Crippen molar-refractivity contribution in [3.63, 3.8) is 0 Å². The molecule has 0 radical (unpaired) electrons. The van der Waals surface area contributed by atoms with Crippen LogP contribution in [0.4, 0.5) is 5.95 Å². The number of benzene rings is 2. The monoisotopic (exact) mass is 430 g/mol. The first-order chi connectivity index (χ1) is 15.4. The minimum Gasteiger partial charge on any atom is -0.333 e. The van der Waals surface area contributed by atoms with Crippen molar-refractivity contribution in [2.24, 2.45) is 5.92 Å². The highest BCUT2D eigenvalue weighted by molar-refractivity contribution is 5.93. The molecule has 2 aromatic carbocycles. The molecule has 0 bridgehead atoms. The molecular weight excluding hydrogens is 400 g/mol. The molecule has 0 unspecified atom stereocenters. The maximum absolute atomic E-state index is 12.9. The number of nitrogens with zero attached hydrogens (tertiary/aromatic N) is 3. The van der Waals surface area contributed by atoms with Crippen LogP contribution in [0.1, 0.15) is 37.3 Å². The highest BCUT2D eigenvalue weighted by Gasteiger charge is 2.27. The summed E-state index contributed by atoms with van der Waals surface area (Å²) in [5.41, 5.74) is 5.01. The van der Waals surface area contributed by atoms with Gasteiger partial charge in [-0.05, 0) is 44.7 Å². The maximum atomic E-state index is 12.9. The van der Waals surface area contributed by atoms with E-state index in [1.165, 1.54) is 5.56 Å². The molecule has 1 aliphatic rings. The quantitative estimate of drug-likeness (QED) is 0.561. The predicted molar refractivity (Wildman–Crippen MR) is 127 cm³/mol. The molecule has 32 heavy (non-hydrogen) atoms. The Kier molecular flexibility index (Phi) is 6.40. The summed E-state index contributed by atoms with van der Waals surface area (Å²) in [4.78, 5) is 31.6. The fourth-order valence-corrected chi connectivity index (χ4v) is 3.66. The molecule has 3 aromatic rings. The van der Waals surface area contributed by atoms with E-state index in [2.05, 4.69) is 5.32 Å². The molecule has 1 aromatic heterocycles. The van der Waals surface area contributed by atoms with Crippen LogP contribution in [0.5, 0.6) is 0 Å². The smallest absolute Gasteiger partial charge is 0.246 e. The summed E-state index contributed by atoms with van der Waals surface area (Å²) in [5.74, 6) is 0.752. The Morgan fingerprint density at radius 2 is 1.66 bits per heavy atom. The number of imidazole rings is 1. The molecule has 0 spiro atoms. The average Bonchev–Trinajstić information content (AvgIpc) is 3.51. The first kappa shape index (κ1) is 21.8. The van der Waals surface area contributed by atoms with Crippen LogP contribution in [-0.4, -0.2) is 39.4 Å². The number of hydrogen-bond acceptors (Lipinski definition) is 3. The van der Waals surface area contributed by atoms with E-state index in [0.29, 0.717) is 24.8 Å².